The maximum atomic E-state index is 2.54. The molecule has 0 saturated heterocycles. The van der Waals surface area contributed by atoms with Gasteiger partial charge in [0.15, 0.2) is 0 Å². The van der Waals surface area contributed by atoms with Crippen LogP contribution in [-0.4, -0.2) is 6.54 Å². The van der Waals surface area contributed by atoms with Gasteiger partial charge < -0.3 is 4.90 Å². The zero-order valence-corrected chi connectivity index (χ0v) is 16.4. The van der Waals surface area contributed by atoms with Gasteiger partial charge >= 0.3 is 0 Å². The largest absolute Gasteiger partial charge is 0.367 e. The van der Waals surface area contributed by atoms with Gasteiger partial charge in [0.25, 0.3) is 0 Å². The van der Waals surface area contributed by atoms with Crippen molar-refractivity contribution in [3.05, 3.63) is 102 Å². The molecule has 1 aliphatic rings. The highest BCUT2D eigenvalue weighted by atomic mass is 15.1. The lowest BCUT2D eigenvalue weighted by atomic mass is 9.96. The maximum Gasteiger partial charge on any atom is 0.0429 e. The summed E-state index contributed by atoms with van der Waals surface area (Å²) >= 11 is 0. The van der Waals surface area contributed by atoms with Crippen LogP contribution in [0.25, 0.3) is 32.3 Å². The normalized spacial score (nSPS) is 13.9. The topological polar surface area (TPSA) is 3.24 Å². The van der Waals surface area contributed by atoms with Crippen LogP contribution in [0.15, 0.2) is 91.0 Å². The van der Waals surface area contributed by atoms with E-state index in [1.54, 1.807) is 0 Å². The third-order valence-corrected chi connectivity index (χ3v) is 6.39. The second kappa shape index (κ2) is 6.63. The first kappa shape index (κ1) is 16.6. The lowest BCUT2D eigenvalue weighted by Crippen LogP contribution is -2.28. The molecule has 1 heteroatoms. The first-order valence-electron chi connectivity index (χ1n) is 10.5. The van der Waals surface area contributed by atoms with E-state index in [-0.39, 0.29) is 0 Å². The van der Waals surface area contributed by atoms with Crippen molar-refractivity contribution in [2.75, 3.05) is 11.4 Å². The molecule has 0 N–H and O–H groups in total. The Morgan fingerprint density at radius 3 is 2.28 bits per heavy atom. The molecule has 0 radical (unpaired) electrons. The van der Waals surface area contributed by atoms with Crippen LogP contribution in [0.4, 0.5) is 5.69 Å². The number of aryl methyl sites for hydroxylation is 1. The van der Waals surface area contributed by atoms with E-state index in [0.717, 1.165) is 13.1 Å². The summed E-state index contributed by atoms with van der Waals surface area (Å²) in [4.78, 5) is 2.54. The molecular weight excluding hydrogens is 350 g/mol. The molecule has 6 rings (SSSR count). The number of para-hydroxylation sites is 1. The Hall–Kier alpha value is -3.32. The second-order valence-electron chi connectivity index (χ2n) is 8.16. The van der Waals surface area contributed by atoms with Gasteiger partial charge in [-0.3, -0.25) is 0 Å². The lowest BCUT2D eigenvalue weighted by molar-refractivity contribution is 0.691. The number of anilines is 1. The smallest absolute Gasteiger partial charge is 0.0429 e. The van der Waals surface area contributed by atoms with Crippen LogP contribution >= 0.6 is 0 Å². The summed E-state index contributed by atoms with van der Waals surface area (Å²) in [5.74, 6) is 0. The van der Waals surface area contributed by atoms with E-state index in [9.17, 15) is 0 Å². The summed E-state index contributed by atoms with van der Waals surface area (Å²) in [6.07, 6.45) is 2.44. The summed E-state index contributed by atoms with van der Waals surface area (Å²) < 4.78 is 0. The van der Waals surface area contributed by atoms with Crippen molar-refractivity contribution < 1.29 is 0 Å². The predicted octanol–water partition coefficient (Wildman–Crippen LogP) is 7.10. The highest BCUT2D eigenvalue weighted by Crippen LogP contribution is 2.33. The Morgan fingerprint density at radius 1 is 0.621 bits per heavy atom. The number of rotatable bonds is 2. The molecule has 0 fully saturated rings. The summed E-state index contributed by atoms with van der Waals surface area (Å²) in [7, 11) is 0. The van der Waals surface area contributed by atoms with Crippen LogP contribution in [0, 0.1) is 0 Å². The summed E-state index contributed by atoms with van der Waals surface area (Å²) in [5, 5.41) is 8.00. The fraction of sp³-hybridized carbons (Fsp3) is 0.143. The second-order valence-corrected chi connectivity index (χ2v) is 8.16. The molecule has 1 heterocycles. The van der Waals surface area contributed by atoms with Gasteiger partial charge in [-0.1, -0.05) is 78.9 Å². The molecule has 140 valence electrons. The molecular formula is C28H23N. The predicted molar refractivity (Wildman–Crippen MR) is 125 cm³/mol. The third kappa shape index (κ3) is 2.77. The van der Waals surface area contributed by atoms with Crippen molar-refractivity contribution in [2.24, 2.45) is 0 Å². The van der Waals surface area contributed by atoms with Crippen molar-refractivity contribution >= 4 is 38.0 Å². The van der Waals surface area contributed by atoms with Crippen molar-refractivity contribution in [1.82, 2.24) is 0 Å². The lowest BCUT2D eigenvalue weighted by Gasteiger charge is -2.31. The molecule has 0 amide bonds. The molecule has 0 aliphatic carbocycles. The SMILES string of the molecule is c1ccc2c(c1)CCCN2Cc1ccc2c(ccc3c4ccccc4ccc23)c1. The van der Waals surface area contributed by atoms with Gasteiger partial charge in [0.1, 0.15) is 0 Å². The summed E-state index contributed by atoms with van der Waals surface area (Å²) in [6, 6.07) is 33.6. The molecule has 1 nitrogen and oxygen atoms in total. The Balaban J connectivity index is 1.43. The quantitative estimate of drug-likeness (QED) is 0.298. The molecule has 0 saturated carbocycles. The van der Waals surface area contributed by atoms with Crippen molar-refractivity contribution in [3.63, 3.8) is 0 Å². The molecule has 1 aliphatic heterocycles. The van der Waals surface area contributed by atoms with Crippen LogP contribution in [0.5, 0.6) is 0 Å². The van der Waals surface area contributed by atoms with E-state index < -0.39 is 0 Å². The highest BCUT2D eigenvalue weighted by molar-refractivity contribution is 6.17. The van der Waals surface area contributed by atoms with Gasteiger partial charge in [-0.2, -0.15) is 0 Å². The monoisotopic (exact) mass is 373 g/mol. The molecule has 5 aromatic carbocycles. The molecule has 0 atom stereocenters. The van der Waals surface area contributed by atoms with E-state index in [4.69, 9.17) is 0 Å². The van der Waals surface area contributed by atoms with Crippen LogP contribution in [-0.2, 0) is 13.0 Å². The minimum absolute atomic E-state index is 0.975. The van der Waals surface area contributed by atoms with E-state index in [1.807, 2.05) is 0 Å². The number of fused-ring (bicyclic) bond motifs is 6. The first-order chi connectivity index (χ1) is 14.4. The average Bonchev–Trinajstić information content (AvgIpc) is 2.79. The molecule has 0 bridgehead atoms. The van der Waals surface area contributed by atoms with E-state index in [0.29, 0.717) is 0 Å². The first-order valence-corrected chi connectivity index (χ1v) is 10.5. The zero-order chi connectivity index (χ0) is 19.2. The van der Waals surface area contributed by atoms with Crippen molar-refractivity contribution in [2.45, 2.75) is 19.4 Å². The zero-order valence-electron chi connectivity index (χ0n) is 16.4. The number of hydrogen-bond donors (Lipinski definition) is 0. The molecule has 0 unspecified atom stereocenters. The molecule has 5 aromatic rings. The van der Waals surface area contributed by atoms with Crippen LogP contribution < -0.4 is 4.90 Å². The van der Waals surface area contributed by atoms with Crippen LogP contribution in [0.3, 0.4) is 0 Å². The van der Waals surface area contributed by atoms with E-state index in [2.05, 4.69) is 95.9 Å². The summed E-state index contributed by atoms with van der Waals surface area (Å²) in [6.45, 7) is 2.11. The fourth-order valence-corrected chi connectivity index (χ4v) is 4.97. The van der Waals surface area contributed by atoms with Crippen molar-refractivity contribution in [1.29, 1.82) is 0 Å². The standard InChI is InChI=1S/C28H23N/c1-3-9-24-21(6-1)12-15-27-25-14-11-20(18-23(25)13-16-26(24)27)19-29-17-5-8-22-7-2-4-10-28(22)29/h1-4,6-7,9-16,18H,5,8,17,19H2. The fourth-order valence-electron chi connectivity index (χ4n) is 4.97. The highest BCUT2D eigenvalue weighted by Gasteiger charge is 2.16. The maximum absolute atomic E-state index is 2.54. The van der Waals surface area contributed by atoms with Gasteiger partial charge in [-0.05, 0) is 68.4 Å². The summed E-state index contributed by atoms with van der Waals surface area (Å²) in [5.41, 5.74) is 4.27. The number of nitrogens with zero attached hydrogens (tertiary/aromatic N) is 1. The van der Waals surface area contributed by atoms with Gasteiger partial charge in [0, 0.05) is 18.8 Å². The van der Waals surface area contributed by atoms with E-state index in [1.165, 1.54) is 62.0 Å². The Labute approximate surface area is 171 Å². The molecule has 0 aromatic heterocycles. The number of hydrogen-bond acceptors (Lipinski definition) is 1. The van der Waals surface area contributed by atoms with Crippen molar-refractivity contribution in [3.8, 4) is 0 Å². The Morgan fingerprint density at radius 2 is 1.34 bits per heavy atom. The average molecular weight is 373 g/mol. The van der Waals surface area contributed by atoms with Crippen LogP contribution in [0.1, 0.15) is 17.5 Å². The third-order valence-electron chi connectivity index (χ3n) is 6.39. The minimum Gasteiger partial charge on any atom is -0.367 e. The van der Waals surface area contributed by atoms with Gasteiger partial charge in [0.05, 0.1) is 0 Å². The molecule has 29 heavy (non-hydrogen) atoms. The minimum atomic E-state index is 0.975. The Bertz CT molecular complexity index is 1370. The van der Waals surface area contributed by atoms with Gasteiger partial charge in [0.2, 0.25) is 0 Å². The van der Waals surface area contributed by atoms with E-state index >= 15 is 0 Å². The Kier molecular flexibility index (Phi) is 3.80. The number of benzene rings is 5. The van der Waals surface area contributed by atoms with Gasteiger partial charge in [-0.15, -0.1) is 0 Å². The molecule has 0 spiro atoms. The van der Waals surface area contributed by atoms with Crippen LogP contribution in [0.2, 0.25) is 0 Å². The van der Waals surface area contributed by atoms with Gasteiger partial charge in [-0.25, -0.2) is 0 Å².